The van der Waals surface area contributed by atoms with E-state index < -0.39 is 32.6 Å². The third kappa shape index (κ3) is 4.47. The van der Waals surface area contributed by atoms with Crippen molar-refractivity contribution in [1.29, 1.82) is 0 Å². The highest BCUT2D eigenvalue weighted by molar-refractivity contribution is 7.89. The number of anilines is 1. The molecule has 0 unspecified atom stereocenters. The fraction of sp³-hybridized carbons (Fsp3) is 0.300. The summed E-state index contributed by atoms with van der Waals surface area (Å²) >= 11 is 0. The summed E-state index contributed by atoms with van der Waals surface area (Å²) in [6, 6.07) is 1.32. The number of nitrogens with zero attached hydrogens (tertiary/aromatic N) is 1. The lowest BCUT2D eigenvalue weighted by Crippen LogP contribution is -2.18. The van der Waals surface area contributed by atoms with E-state index in [1.54, 1.807) is 6.08 Å². The number of rotatable bonds is 5. The molecule has 1 rings (SSSR count). The molecule has 10 heteroatoms. The van der Waals surface area contributed by atoms with Gasteiger partial charge in [0.05, 0.1) is 0 Å². The van der Waals surface area contributed by atoms with Gasteiger partial charge in [-0.1, -0.05) is 12.2 Å². The number of nitrogens with two attached hydrogens (primary N) is 2. The summed E-state index contributed by atoms with van der Waals surface area (Å²) in [4.78, 5) is 2.74. The molecule has 0 saturated carbocycles. The van der Waals surface area contributed by atoms with E-state index in [0.29, 0.717) is 6.07 Å². The Kier molecular flexibility index (Phi) is 5.09. The van der Waals surface area contributed by atoms with Gasteiger partial charge in [0.1, 0.15) is 16.4 Å². The predicted octanol–water partition coefficient (Wildman–Crippen LogP) is 0.675. The van der Waals surface area contributed by atoms with Gasteiger partial charge in [-0.15, -0.1) is 0 Å². The molecule has 0 fully saturated rings. The number of aromatic nitrogens is 1. The lowest BCUT2D eigenvalue weighted by atomic mass is 10.3. The molecule has 1 aromatic heterocycles. The van der Waals surface area contributed by atoms with Crippen molar-refractivity contribution in [2.24, 2.45) is 10.9 Å². The van der Waals surface area contributed by atoms with Gasteiger partial charge in [0.25, 0.3) is 0 Å². The molecular weight excluding hydrogens is 297 g/mol. The van der Waals surface area contributed by atoms with Crippen molar-refractivity contribution < 1.29 is 21.6 Å². The zero-order valence-corrected chi connectivity index (χ0v) is 11.0. The van der Waals surface area contributed by atoms with E-state index in [1.807, 2.05) is 0 Å². The molecule has 1 aromatic rings. The van der Waals surface area contributed by atoms with Crippen LogP contribution in [0.25, 0.3) is 0 Å². The third-order valence-electron chi connectivity index (χ3n) is 2.15. The number of alkyl halides is 3. The Labute approximate surface area is 113 Å². The Balaban J connectivity index is 3.17. The fourth-order valence-electron chi connectivity index (χ4n) is 1.30. The second kappa shape index (κ2) is 6.20. The van der Waals surface area contributed by atoms with E-state index in [1.165, 1.54) is 6.08 Å². The maximum absolute atomic E-state index is 12.5. The molecule has 0 amide bonds. The molecule has 0 spiro atoms. The lowest BCUT2D eigenvalue weighted by Gasteiger charge is -2.12. The Morgan fingerprint density at radius 1 is 1.30 bits per heavy atom. The van der Waals surface area contributed by atoms with Crippen LogP contribution in [0.15, 0.2) is 29.2 Å². The van der Waals surface area contributed by atoms with Crippen LogP contribution in [0.3, 0.4) is 0 Å². The molecule has 0 radical (unpaired) electrons. The minimum atomic E-state index is -4.68. The van der Waals surface area contributed by atoms with Gasteiger partial charge in [-0.3, -0.25) is 0 Å². The van der Waals surface area contributed by atoms with Gasteiger partial charge in [0.15, 0.2) is 0 Å². The summed E-state index contributed by atoms with van der Waals surface area (Å²) in [5.74, 6) is -0.455. The topological polar surface area (TPSA) is 111 Å². The molecule has 0 aromatic carbocycles. The van der Waals surface area contributed by atoms with Crippen LogP contribution in [-0.2, 0) is 16.2 Å². The zero-order valence-electron chi connectivity index (χ0n) is 10.2. The van der Waals surface area contributed by atoms with Crippen LogP contribution >= 0.6 is 0 Å². The summed E-state index contributed by atoms with van der Waals surface area (Å²) in [5.41, 5.74) is 3.98. The molecule has 5 N–H and O–H groups in total. The van der Waals surface area contributed by atoms with Gasteiger partial charge in [0, 0.05) is 13.1 Å². The summed E-state index contributed by atoms with van der Waals surface area (Å²) in [6.07, 6.45) is -1.60. The van der Waals surface area contributed by atoms with Gasteiger partial charge in [-0.2, -0.15) is 13.2 Å². The number of primary sulfonamides is 1. The Hall–Kier alpha value is -1.65. The van der Waals surface area contributed by atoms with Crippen molar-refractivity contribution in [3.05, 3.63) is 30.0 Å². The molecule has 0 saturated heterocycles. The SMILES string of the molecule is NC/C=C/CNc1nc(C(F)(F)F)ccc1S(N)(=O)=O. The molecule has 0 aliphatic heterocycles. The average molecular weight is 310 g/mol. The summed E-state index contributed by atoms with van der Waals surface area (Å²) in [7, 11) is -4.18. The first-order valence-electron chi connectivity index (χ1n) is 5.36. The summed E-state index contributed by atoms with van der Waals surface area (Å²) < 4.78 is 60.2. The van der Waals surface area contributed by atoms with Gasteiger partial charge in [-0.25, -0.2) is 18.5 Å². The third-order valence-corrected chi connectivity index (χ3v) is 3.09. The number of sulfonamides is 1. The molecule has 112 valence electrons. The maximum Gasteiger partial charge on any atom is 0.433 e. The highest BCUT2D eigenvalue weighted by Crippen LogP contribution is 2.30. The molecule has 6 nitrogen and oxygen atoms in total. The summed E-state index contributed by atoms with van der Waals surface area (Å²) in [6.45, 7) is 0.313. The zero-order chi connectivity index (χ0) is 15.4. The van der Waals surface area contributed by atoms with E-state index in [-0.39, 0.29) is 13.1 Å². The van der Waals surface area contributed by atoms with Crippen molar-refractivity contribution in [3.8, 4) is 0 Å². The fourth-order valence-corrected chi connectivity index (χ4v) is 1.94. The van der Waals surface area contributed by atoms with Crippen LogP contribution in [-0.4, -0.2) is 26.5 Å². The van der Waals surface area contributed by atoms with Crippen molar-refractivity contribution in [2.45, 2.75) is 11.1 Å². The second-order valence-corrected chi connectivity index (χ2v) is 5.20. The summed E-state index contributed by atoms with van der Waals surface area (Å²) in [5, 5.41) is 7.37. The maximum atomic E-state index is 12.5. The molecular formula is C10H13F3N4O2S. The minimum absolute atomic E-state index is 0.0635. The highest BCUT2D eigenvalue weighted by Gasteiger charge is 2.33. The van der Waals surface area contributed by atoms with Crippen LogP contribution in [0.5, 0.6) is 0 Å². The first-order chi connectivity index (χ1) is 9.16. The van der Waals surface area contributed by atoms with Crippen molar-refractivity contribution >= 4 is 15.8 Å². The van der Waals surface area contributed by atoms with Gasteiger partial charge in [-0.05, 0) is 12.1 Å². The van der Waals surface area contributed by atoms with Gasteiger partial charge in [0.2, 0.25) is 10.0 Å². The Bertz CT molecular complexity index is 599. The van der Waals surface area contributed by atoms with Gasteiger partial charge >= 0.3 is 6.18 Å². The van der Waals surface area contributed by atoms with Crippen LogP contribution in [0.2, 0.25) is 0 Å². The Morgan fingerprint density at radius 2 is 1.95 bits per heavy atom. The Morgan fingerprint density at radius 3 is 2.45 bits per heavy atom. The van der Waals surface area contributed by atoms with E-state index in [0.717, 1.165) is 6.07 Å². The number of hydrogen-bond donors (Lipinski definition) is 3. The monoisotopic (exact) mass is 310 g/mol. The largest absolute Gasteiger partial charge is 0.433 e. The predicted molar refractivity (Wildman–Crippen MR) is 67.3 cm³/mol. The number of halogens is 3. The normalized spacial score (nSPS) is 12.8. The van der Waals surface area contributed by atoms with Crippen LogP contribution in [0, 0.1) is 0 Å². The number of nitrogens with one attached hydrogen (secondary N) is 1. The first kappa shape index (κ1) is 16.4. The highest BCUT2D eigenvalue weighted by atomic mass is 32.2. The number of pyridine rings is 1. The molecule has 20 heavy (non-hydrogen) atoms. The van der Waals surface area contributed by atoms with E-state index in [9.17, 15) is 21.6 Å². The van der Waals surface area contributed by atoms with Crippen molar-refractivity contribution in [3.63, 3.8) is 0 Å². The molecule has 1 heterocycles. The van der Waals surface area contributed by atoms with Crippen molar-refractivity contribution in [1.82, 2.24) is 4.98 Å². The van der Waals surface area contributed by atoms with Crippen LogP contribution in [0.4, 0.5) is 19.0 Å². The molecule has 0 aliphatic rings. The second-order valence-electron chi connectivity index (χ2n) is 3.67. The van der Waals surface area contributed by atoms with E-state index >= 15 is 0 Å². The quantitative estimate of drug-likeness (QED) is 0.692. The average Bonchev–Trinajstić information content (AvgIpc) is 2.32. The molecule has 0 atom stereocenters. The lowest BCUT2D eigenvalue weighted by molar-refractivity contribution is -0.141. The van der Waals surface area contributed by atoms with Crippen molar-refractivity contribution in [2.75, 3.05) is 18.4 Å². The molecule has 0 bridgehead atoms. The van der Waals surface area contributed by atoms with E-state index in [2.05, 4.69) is 10.3 Å². The van der Waals surface area contributed by atoms with Crippen LogP contribution < -0.4 is 16.2 Å². The number of hydrogen-bond acceptors (Lipinski definition) is 5. The van der Waals surface area contributed by atoms with Gasteiger partial charge < -0.3 is 11.1 Å². The standard InChI is InChI=1S/C10H13F3N4O2S/c11-10(12,13)8-4-3-7(20(15,18)19)9(17-8)16-6-2-1-5-14/h1-4H,5-6,14H2,(H,16,17)(H2,15,18,19)/b2-1+. The van der Waals surface area contributed by atoms with E-state index in [4.69, 9.17) is 10.9 Å². The smallest absolute Gasteiger partial charge is 0.365 e. The minimum Gasteiger partial charge on any atom is -0.365 e. The molecule has 0 aliphatic carbocycles. The first-order valence-corrected chi connectivity index (χ1v) is 6.91. The van der Waals surface area contributed by atoms with Crippen LogP contribution in [0.1, 0.15) is 5.69 Å².